The van der Waals surface area contributed by atoms with Gasteiger partial charge in [-0.3, -0.25) is 0 Å². The quantitative estimate of drug-likeness (QED) is 0.804. The van der Waals surface area contributed by atoms with E-state index in [2.05, 4.69) is 38.0 Å². The van der Waals surface area contributed by atoms with Crippen molar-refractivity contribution in [3.63, 3.8) is 0 Å². The first kappa shape index (κ1) is 10.7. The van der Waals surface area contributed by atoms with Crippen molar-refractivity contribution in [3.8, 4) is 0 Å². The predicted octanol–water partition coefficient (Wildman–Crippen LogP) is 2.51. The fourth-order valence-electron chi connectivity index (χ4n) is 1.08. The average molecular weight is 198 g/mol. The van der Waals surface area contributed by atoms with Crippen LogP contribution in [0.4, 0.5) is 0 Å². The molecule has 13 heavy (non-hydrogen) atoms. The molecular weight excluding hydrogens is 180 g/mol. The molecule has 0 spiro atoms. The lowest BCUT2D eigenvalue weighted by atomic mass is 10.2. The van der Waals surface area contributed by atoms with Crippen molar-refractivity contribution < 1.29 is 0 Å². The molecule has 0 unspecified atom stereocenters. The van der Waals surface area contributed by atoms with Crippen molar-refractivity contribution >= 4 is 11.3 Å². The molecule has 3 heteroatoms. The van der Waals surface area contributed by atoms with Crippen LogP contribution in [0.3, 0.4) is 0 Å². The molecule has 0 fully saturated rings. The molecule has 2 nitrogen and oxygen atoms in total. The third kappa shape index (κ3) is 3.44. The third-order valence-corrected chi connectivity index (χ3v) is 2.97. The molecule has 0 aromatic carbocycles. The van der Waals surface area contributed by atoms with Gasteiger partial charge in [-0.2, -0.15) is 0 Å². The summed E-state index contributed by atoms with van der Waals surface area (Å²) in [7, 11) is 0. The summed E-state index contributed by atoms with van der Waals surface area (Å²) in [4.78, 5) is 5.80. The van der Waals surface area contributed by atoms with Crippen LogP contribution in [0, 0.1) is 19.8 Å². The summed E-state index contributed by atoms with van der Waals surface area (Å²) in [6, 6.07) is 0. The van der Waals surface area contributed by atoms with E-state index in [1.807, 2.05) is 0 Å². The van der Waals surface area contributed by atoms with Crippen molar-refractivity contribution in [3.05, 3.63) is 15.6 Å². The Morgan fingerprint density at radius 2 is 2.08 bits per heavy atom. The van der Waals surface area contributed by atoms with Crippen molar-refractivity contribution in [2.45, 2.75) is 34.2 Å². The van der Waals surface area contributed by atoms with E-state index in [0.29, 0.717) is 5.92 Å². The molecule has 0 radical (unpaired) electrons. The number of nitrogens with one attached hydrogen (secondary N) is 1. The van der Waals surface area contributed by atoms with Gasteiger partial charge in [0.05, 0.1) is 5.69 Å². The fourth-order valence-corrected chi connectivity index (χ4v) is 1.99. The van der Waals surface area contributed by atoms with Gasteiger partial charge in [-0.25, -0.2) is 4.98 Å². The number of thiazole rings is 1. The van der Waals surface area contributed by atoms with Crippen LogP contribution < -0.4 is 5.32 Å². The molecule has 1 N–H and O–H groups in total. The Hall–Kier alpha value is -0.410. The van der Waals surface area contributed by atoms with Gasteiger partial charge < -0.3 is 5.32 Å². The number of hydrogen-bond acceptors (Lipinski definition) is 3. The SMILES string of the molecule is Cc1nc(CNCC(C)C)sc1C. The molecule has 0 aliphatic carbocycles. The Bertz CT molecular complexity index is 246. The van der Waals surface area contributed by atoms with Crippen LogP contribution in [0.15, 0.2) is 0 Å². The summed E-state index contributed by atoms with van der Waals surface area (Å²) < 4.78 is 0. The minimum atomic E-state index is 0.710. The molecule has 1 aromatic rings. The number of nitrogens with zero attached hydrogens (tertiary/aromatic N) is 1. The number of aromatic nitrogens is 1. The average Bonchev–Trinajstić information content (AvgIpc) is 2.30. The van der Waals surface area contributed by atoms with E-state index < -0.39 is 0 Å². The van der Waals surface area contributed by atoms with Gasteiger partial charge in [0.25, 0.3) is 0 Å². The monoisotopic (exact) mass is 198 g/mol. The lowest BCUT2D eigenvalue weighted by Gasteiger charge is -2.04. The van der Waals surface area contributed by atoms with E-state index in [4.69, 9.17) is 0 Å². The largest absolute Gasteiger partial charge is 0.310 e. The molecule has 0 aliphatic rings. The topological polar surface area (TPSA) is 24.9 Å². The molecule has 0 saturated carbocycles. The standard InChI is InChI=1S/C10H18N2S/c1-7(2)5-11-6-10-12-8(3)9(4)13-10/h7,11H,5-6H2,1-4H3. The third-order valence-electron chi connectivity index (χ3n) is 1.90. The minimum Gasteiger partial charge on any atom is -0.310 e. The van der Waals surface area contributed by atoms with E-state index >= 15 is 0 Å². The zero-order valence-corrected chi connectivity index (χ0v) is 9.66. The van der Waals surface area contributed by atoms with E-state index in [1.165, 1.54) is 15.6 Å². The molecule has 0 saturated heterocycles. The maximum atomic E-state index is 4.46. The highest BCUT2D eigenvalue weighted by molar-refractivity contribution is 7.11. The van der Waals surface area contributed by atoms with Crippen LogP contribution in [-0.2, 0) is 6.54 Å². The Kier molecular flexibility index (Phi) is 3.88. The second kappa shape index (κ2) is 4.72. The molecule has 0 atom stereocenters. The van der Waals surface area contributed by atoms with Crippen molar-refractivity contribution in [1.82, 2.24) is 10.3 Å². The zero-order valence-electron chi connectivity index (χ0n) is 8.85. The van der Waals surface area contributed by atoms with Crippen LogP contribution in [0.5, 0.6) is 0 Å². The Labute approximate surface area is 84.4 Å². The van der Waals surface area contributed by atoms with Crippen LogP contribution >= 0.6 is 11.3 Å². The first-order valence-corrected chi connectivity index (χ1v) is 5.55. The number of hydrogen-bond donors (Lipinski definition) is 1. The van der Waals surface area contributed by atoms with E-state index in [-0.39, 0.29) is 0 Å². The molecule has 0 amide bonds. The fraction of sp³-hybridized carbons (Fsp3) is 0.700. The Morgan fingerprint density at radius 1 is 1.38 bits per heavy atom. The summed E-state index contributed by atoms with van der Waals surface area (Å²) in [6.45, 7) is 10.6. The molecule has 0 aliphatic heterocycles. The number of aryl methyl sites for hydroxylation is 2. The summed E-state index contributed by atoms with van der Waals surface area (Å²) >= 11 is 1.79. The summed E-state index contributed by atoms with van der Waals surface area (Å²) in [5, 5.41) is 4.59. The van der Waals surface area contributed by atoms with Crippen LogP contribution in [0.1, 0.15) is 29.4 Å². The van der Waals surface area contributed by atoms with Gasteiger partial charge in [0.15, 0.2) is 0 Å². The lowest BCUT2D eigenvalue weighted by Crippen LogP contribution is -2.18. The second-order valence-electron chi connectivity index (χ2n) is 3.77. The van der Waals surface area contributed by atoms with Gasteiger partial charge in [0, 0.05) is 11.4 Å². The maximum Gasteiger partial charge on any atom is 0.107 e. The van der Waals surface area contributed by atoms with E-state index in [1.54, 1.807) is 11.3 Å². The van der Waals surface area contributed by atoms with Crippen molar-refractivity contribution in [2.75, 3.05) is 6.54 Å². The van der Waals surface area contributed by atoms with Gasteiger partial charge in [-0.15, -0.1) is 11.3 Å². The highest BCUT2D eigenvalue weighted by Crippen LogP contribution is 2.15. The summed E-state index contributed by atoms with van der Waals surface area (Å²) in [5.41, 5.74) is 1.17. The smallest absolute Gasteiger partial charge is 0.107 e. The highest BCUT2D eigenvalue weighted by Gasteiger charge is 2.02. The predicted molar refractivity (Wildman–Crippen MR) is 58.1 cm³/mol. The Morgan fingerprint density at radius 3 is 2.54 bits per heavy atom. The van der Waals surface area contributed by atoms with E-state index in [0.717, 1.165) is 13.1 Å². The first-order chi connectivity index (χ1) is 6.09. The minimum absolute atomic E-state index is 0.710. The molecule has 74 valence electrons. The Balaban J connectivity index is 2.37. The van der Waals surface area contributed by atoms with Crippen LogP contribution in [0.2, 0.25) is 0 Å². The van der Waals surface area contributed by atoms with Crippen molar-refractivity contribution in [1.29, 1.82) is 0 Å². The van der Waals surface area contributed by atoms with E-state index in [9.17, 15) is 0 Å². The first-order valence-electron chi connectivity index (χ1n) is 4.73. The zero-order chi connectivity index (χ0) is 9.84. The maximum absolute atomic E-state index is 4.46. The van der Waals surface area contributed by atoms with Crippen molar-refractivity contribution in [2.24, 2.45) is 5.92 Å². The normalized spacial score (nSPS) is 11.2. The van der Waals surface area contributed by atoms with Gasteiger partial charge >= 0.3 is 0 Å². The van der Waals surface area contributed by atoms with Gasteiger partial charge in [-0.1, -0.05) is 13.8 Å². The van der Waals surface area contributed by atoms with Crippen LogP contribution in [-0.4, -0.2) is 11.5 Å². The lowest BCUT2D eigenvalue weighted by molar-refractivity contribution is 0.551. The number of rotatable bonds is 4. The highest BCUT2D eigenvalue weighted by atomic mass is 32.1. The molecule has 1 aromatic heterocycles. The van der Waals surface area contributed by atoms with Gasteiger partial charge in [-0.05, 0) is 26.3 Å². The molecule has 1 rings (SSSR count). The molecule has 1 heterocycles. The second-order valence-corrected chi connectivity index (χ2v) is 5.06. The van der Waals surface area contributed by atoms with Crippen LogP contribution in [0.25, 0.3) is 0 Å². The molecule has 0 bridgehead atoms. The van der Waals surface area contributed by atoms with Gasteiger partial charge in [0.2, 0.25) is 0 Å². The summed E-state index contributed by atoms with van der Waals surface area (Å²) in [5.74, 6) is 0.710. The molecular formula is C10H18N2S. The summed E-state index contributed by atoms with van der Waals surface area (Å²) in [6.07, 6.45) is 0. The van der Waals surface area contributed by atoms with Gasteiger partial charge in [0.1, 0.15) is 5.01 Å².